The van der Waals surface area contributed by atoms with Gasteiger partial charge in [0, 0.05) is 35.4 Å². The van der Waals surface area contributed by atoms with E-state index in [1.807, 2.05) is 39.0 Å². The van der Waals surface area contributed by atoms with E-state index < -0.39 is 0 Å². The third-order valence-corrected chi connectivity index (χ3v) is 5.47. The molecule has 2 atom stereocenters. The number of carbonyl (C=O) groups excluding carboxylic acids is 1. The Kier molecular flexibility index (Phi) is 5.04. The minimum Gasteiger partial charge on any atom is -0.493 e. The molecule has 0 fully saturated rings. The molecule has 2 aromatic rings. The zero-order valence-corrected chi connectivity index (χ0v) is 15.1. The van der Waals surface area contributed by atoms with Crippen molar-refractivity contribution in [2.24, 2.45) is 0 Å². The molecule has 0 radical (unpaired) electrons. The first-order valence-electron chi connectivity index (χ1n) is 8.23. The maximum Gasteiger partial charge on any atom is 0.315 e. The van der Waals surface area contributed by atoms with Crippen molar-refractivity contribution in [1.82, 2.24) is 15.6 Å². The molecule has 0 aliphatic carbocycles. The number of nitrogens with one attached hydrogen (secondary N) is 2. The van der Waals surface area contributed by atoms with Crippen molar-refractivity contribution in [3.63, 3.8) is 0 Å². The van der Waals surface area contributed by atoms with Crippen molar-refractivity contribution in [3.05, 3.63) is 45.4 Å². The fourth-order valence-electron chi connectivity index (χ4n) is 3.05. The maximum absolute atomic E-state index is 12.1. The number of aryl methyl sites for hydroxylation is 2. The lowest BCUT2D eigenvalue weighted by molar-refractivity contribution is 0.233. The Bertz CT molecular complexity index is 729. The third kappa shape index (κ3) is 3.70. The molecule has 6 heteroatoms. The maximum atomic E-state index is 12.1. The predicted molar refractivity (Wildman–Crippen MR) is 96.0 cm³/mol. The second-order valence-corrected chi connectivity index (χ2v) is 7.42. The number of amides is 2. The number of aromatic nitrogens is 1. The van der Waals surface area contributed by atoms with Crippen molar-refractivity contribution in [1.29, 1.82) is 0 Å². The number of urea groups is 1. The van der Waals surface area contributed by atoms with E-state index in [0.717, 1.165) is 22.9 Å². The molecule has 1 aliphatic rings. The number of fused-ring (bicyclic) bond motifs is 1. The molecule has 5 nitrogen and oxygen atoms in total. The van der Waals surface area contributed by atoms with Crippen LogP contribution in [0.25, 0.3) is 0 Å². The first-order valence-corrected chi connectivity index (χ1v) is 9.05. The van der Waals surface area contributed by atoms with Gasteiger partial charge < -0.3 is 15.4 Å². The van der Waals surface area contributed by atoms with E-state index in [-0.39, 0.29) is 18.0 Å². The molecule has 0 bridgehead atoms. The standard InChI is InChI=1S/C18H23N3O2S/c1-11(15-10-23-16-7-5-4-6-14(15)16)21-18(22)19-9-8-17-12(2)20-13(3)24-17/h4-7,11,15H,8-10H2,1-3H3,(H2,19,21,22)/t11-,15-/m1/s1. The number of thiazole rings is 1. The Morgan fingerprint density at radius 2 is 2.21 bits per heavy atom. The van der Waals surface area contributed by atoms with Gasteiger partial charge in [-0.15, -0.1) is 11.3 Å². The summed E-state index contributed by atoms with van der Waals surface area (Å²) in [5.74, 6) is 1.12. The summed E-state index contributed by atoms with van der Waals surface area (Å²) in [6.07, 6.45) is 0.814. The molecular formula is C18H23N3O2S. The zero-order chi connectivity index (χ0) is 17.1. The molecule has 2 heterocycles. The fourth-order valence-corrected chi connectivity index (χ4v) is 3.99. The average Bonchev–Trinajstić information content (AvgIpc) is 3.10. The summed E-state index contributed by atoms with van der Waals surface area (Å²) < 4.78 is 5.69. The van der Waals surface area contributed by atoms with Crippen LogP contribution in [0.2, 0.25) is 0 Å². The van der Waals surface area contributed by atoms with Gasteiger partial charge in [-0.05, 0) is 26.8 Å². The molecule has 128 valence electrons. The van der Waals surface area contributed by atoms with E-state index in [1.165, 1.54) is 10.4 Å². The van der Waals surface area contributed by atoms with Crippen LogP contribution in [-0.2, 0) is 6.42 Å². The van der Waals surface area contributed by atoms with E-state index in [9.17, 15) is 4.79 Å². The number of benzene rings is 1. The Balaban J connectivity index is 1.48. The van der Waals surface area contributed by atoms with Gasteiger partial charge in [0.25, 0.3) is 0 Å². The zero-order valence-electron chi connectivity index (χ0n) is 14.3. The Morgan fingerprint density at radius 1 is 1.42 bits per heavy atom. The lowest BCUT2D eigenvalue weighted by Gasteiger charge is -2.20. The molecule has 2 N–H and O–H groups in total. The Hall–Kier alpha value is -2.08. The van der Waals surface area contributed by atoms with Crippen LogP contribution in [0.1, 0.15) is 34.0 Å². The number of para-hydroxylation sites is 1. The van der Waals surface area contributed by atoms with Crippen molar-refractivity contribution in [2.75, 3.05) is 13.2 Å². The highest BCUT2D eigenvalue weighted by atomic mass is 32.1. The van der Waals surface area contributed by atoms with Crippen LogP contribution in [0.4, 0.5) is 4.79 Å². The molecule has 0 saturated heterocycles. The number of rotatable bonds is 5. The molecular weight excluding hydrogens is 322 g/mol. The summed E-state index contributed by atoms with van der Waals surface area (Å²) in [6.45, 7) is 7.26. The first kappa shape index (κ1) is 16.8. The van der Waals surface area contributed by atoms with E-state index in [1.54, 1.807) is 11.3 Å². The monoisotopic (exact) mass is 345 g/mol. The quantitative estimate of drug-likeness (QED) is 0.875. The van der Waals surface area contributed by atoms with E-state index in [4.69, 9.17) is 4.74 Å². The third-order valence-electron chi connectivity index (χ3n) is 4.34. The lowest BCUT2D eigenvalue weighted by atomic mass is 9.94. The number of carbonyl (C=O) groups is 1. The summed E-state index contributed by atoms with van der Waals surface area (Å²) in [5.41, 5.74) is 2.23. The molecule has 2 amide bonds. The number of hydrogen-bond donors (Lipinski definition) is 2. The van der Waals surface area contributed by atoms with Gasteiger partial charge in [-0.25, -0.2) is 9.78 Å². The number of hydrogen-bond acceptors (Lipinski definition) is 4. The second-order valence-electron chi connectivity index (χ2n) is 6.14. The Labute approximate surface area is 146 Å². The smallest absolute Gasteiger partial charge is 0.315 e. The molecule has 0 unspecified atom stereocenters. The van der Waals surface area contributed by atoms with E-state index in [0.29, 0.717) is 13.2 Å². The largest absolute Gasteiger partial charge is 0.493 e. The summed E-state index contributed by atoms with van der Waals surface area (Å²) in [7, 11) is 0. The minimum atomic E-state index is -0.134. The summed E-state index contributed by atoms with van der Waals surface area (Å²) >= 11 is 1.69. The van der Waals surface area contributed by atoms with Crippen LogP contribution in [0.3, 0.4) is 0 Å². The number of nitrogens with zero attached hydrogens (tertiary/aromatic N) is 1. The van der Waals surface area contributed by atoms with Crippen molar-refractivity contribution in [3.8, 4) is 5.75 Å². The highest BCUT2D eigenvalue weighted by Crippen LogP contribution is 2.35. The Morgan fingerprint density at radius 3 is 2.96 bits per heavy atom. The van der Waals surface area contributed by atoms with Crippen LogP contribution in [0.5, 0.6) is 5.75 Å². The van der Waals surface area contributed by atoms with Crippen LogP contribution in [-0.4, -0.2) is 30.2 Å². The normalized spacial score (nSPS) is 17.0. The van der Waals surface area contributed by atoms with Gasteiger partial charge in [0.15, 0.2) is 0 Å². The second kappa shape index (κ2) is 7.21. The van der Waals surface area contributed by atoms with Crippen LogP contribution in [0.15, 0.2) is 24.3 Å². The SMILES string of the molecule is Cc1nc(C)c(CCNC(=O)N[C@H](C)[C@H]2COc3ccccc32)s1. The summed E-state index contributed by atoms with van der Waals surface area (Å²) in [6, 6.07) is 7.90. The molecule has 1 aliphatic heterocycles. The molecule has 0 spiro atoms. The van der Waals surface area contributed by atoms with Crippen LogP contribution in [0, 0.1) is 13.8 Å². The molecule has 3 rings (SSSR count). The fraction of sp³-hybridized carbons (Fsp3) is 0.444. The molecule has 24 heavy (non-hydrogen) atoms. The van der Waals surface area contributed by atoms with Crippen molar-refractivity contribution in [2.45, 2.75) is 39.2 Å². The lowest BCUT2D eigenvalue weighted by Crippen LogP contribution is -2.44. The van der Waals surface area contributed by atoms with E-state index in [2.05, 4.69) is 21.7 Å². The van der Waals surface area contributed by atoms with Gasteiger partial charge in [0.05, 0.1) is 17.3 Å². The first-order chi connectivity index (χ1) is 11.5. The predicted octanol–water partition coefficient (Wildman–Crippen LogP) is 3.17. The van der Waals surface area contributed by atoms with Crippen molar-refractivity contribution >= 4 is 17.4 Å². The van der Waals surface area contributed by atoms with Gasteiger partial charge in [-0.2, -0.15) is 0 Å². The summed E-state index contributed by atoms with van der Waals surface area (Å²) in [4.78, 5) is 17.8. The van der Waals surface area contributed by atoms with Gasteiger partial charge >= 0.3 is 6.03 Å². The van der Waals surface area contributed by atoms with Gasteiger partial charge in [-0.3, -0.25) is 0 Å². The van der Waals surface area contributed by atoms with Crippen molar-refractivity contribution < 1.29 is 9.53 Å². The topological polar surface area (TPSA) is 63.2 Å². The van der Waals surface area contributed by atoms with Crippen LogP contribution >= 0.6 is 11.3 Å². The minimum absolute atomic E-state index is 0.0148. The number of ether oxygens (including phenoxy) is 1. The molecule has 1 aromatic carbocycles. The highest BCUT2D eigenvalue weighted by molar-refractivity contribution is 7.11. The molecule has 0 saturated carbocycles. The highest BCUT2D eigenvalue weighted by Gasteiger charge is 2.29. The molecule has 1 aromatic heterocycles. The average molecular weight is 345 g/mol. The van der Waals surface area contributed by atoms with Gasteiger partial charge in [-0.1, -0.05) is 18.2 Å². The van der Waals surface area contributed by atoms with Gasteiger partial charge in [0.2, 0.25) is 0 Å². The summed E-state index contributed by atoms with van der Waals surface area (Å²) in [5, 5.41) is 7.03. The van der Waals surface area contributed by atoms with Gasteiger partial charge in [0.1, 0.15) is 5.75 Å². The van der Waals surface area contributed by atoms with Crippen LogP contribution < -0.4 is 15.4 Å². The van der Waals surface area contributed by atoms with E-state index >= 15 is 0 Å².